The standard InChI is InChI=1S/C13H14O4/c1-8-11(13(14)16-3)7-9-6-10(15-2)4-5-12(9)17-8/h4-6H,7H2,1-3H3. The van der Waals surface area contributed by atoms with Crippen molar-refractivity contribution in [2.75, 3.05) is 14.2 Å². The lowest BCUT2D eigenvalue weighted by atomic mass is 10.0. The Morgan fingerprint density at radius 3 is 2.76 bits per heavy atom. The molecule has 0 saturated carbocycles. The zero-order valence-electron chi connectivity index (χ0n) is 10.1. The molecule has 0 amide bonds. The van der Waals surface area contributed by atoms with Crippen LogP contribution in [-0.4, -0.2) is 20.2 Å². The van der Waals surface area contributed by atoms with E-state index in [1.165, 1.54) is 7.11 Å². The molecule has 0 aromatic heterocycles. The van der Waals surface area contributed by atoms with Crippen molar-refractivity contribution in [3.63, 3.8) is 0 Å². The smallest absolute Gasteiger partial charge is 0.337 e. The van der Waals surface area contributed by atoms with Gasteiger partial charge in [0.2, 0.25) is 0 Å². The van der Waals surface area contributed by atoms with Crippen molar-refractivity contribution in [3.05, 3.63) is 35.1 Å². The van der Waals surface area contributed by atoms with Crippen LogP contribution in [0.25, 0.3) is 0 Å². The minimum absolute atomic E-state index is 0.351. The van der Waals surface area contributed by atoms with Gasteiger partial charge in [0.1, 0.15) is 17.3 Å². The second-order valence-corrected chi connectivity index (χ2v) is 3.78. The van der Waals surface area contributed by atoms with Gasteiger partial charge >= 0.3 is 5.97 Å². The van der Waals surface area contributed by atoms with E-state index in [0.717, 1.165) is 17.1 Å². The zero-order chi connectivity index (χ0) is 12.4. The fourth-order valence-corrected chi connectivity index (χ4v) is 1.80. The van der Waals surface area contributed by atoms with Crippen molar-refractivity contribution in [3.8, 4) is 11.5 Å². The predicted molar refractivity (Wildman–Crippen MR) is 62.0 cm³/mol. The van der Waals surface area contributed by atoms with Gasteiger partial charge in [-0.05, 0) is 25.1 Å². The molecule has 0 N–H and O–H groups in total. The fraction of sp³-hybridized carbons (Fsp3) is 0.308. The van der Waals surface area contributed by atoms with Crippen LogP contribution >= 0.6 is 0 Å². The third kappa shape index (κ3) is 2.11. The maximum absolute atomic E-state index is 11.6. The highest BCUT2D eigenvalue weighted by Gasteiger charge is 2.23. The van der Waals surface area contributed by atoms with Crippen LogP contribution in [0.5, 0.6) is 11.5 Å². The Morgan fingerprint density at radius 1 is 1.35 bits per heavy atom. The summed E-state index contributed by atoms with van der Waals surface area (Å²) < 4.78 is 15.5. The number of allylic oxidation sites excluding steroid dienone is 1. The lowest BCUT2D eigenvalue weighted by Crippen LogP contribution is -2.16. The summed E-state index contributed by atoms with van der Waals surface area (Å²) in [5.74, 6) is 1.75. The molecular formula is C13H14O4. The molecule has 0 spiro atoms. The molecule has 4 heteroatoms. The summed E-state index contributed by atoms with van der Waals surface area (Å²) in [5, 5.41) is 0. The summed E-state index contributed by atoms with van der Waals surface area (Å²) >= 11 is 0. The van der Waals surface area contributed by atoms with Gasteiger partial charge in [0.15, 0.2) is 0 Å². The molecule has 0 saturated heterocycles. The topological polar surface area (TPSA) is 44.8 Å². The van der Waals surface area contributed by atoms with E-state index < -0.39 is 0 Å². The first-order valence-electron chi connectivity index (χ1n) is 5.28. The normalized spacial score (nSPS) is 13.8. The Labute approximate surface area is 99.8 Å². The van der Waals surface area contributed by atoms with E-state index in [1.54, 1.807) is 14.0 Å². The van der Waals surface area contributed by atoms with Gasteiger partial charge in [0.05, 0.1) is 19.8 Å². The van der Waals surface area contributed by atoms with Crippen LogP contribution in [0, 0.1) is 0 Å². The number of rotatable bonds is 2. The summed E-state index contributed by atoms with van der Waals surface area (Å²) in [4.78, 5) is 11.6. The Hall–Kier alpha value is -1.97. The molecule has 0 atom stereocenters. The molecule has 1 aliphatic rings. The number of hydrogen-bond acceptors (Lipinski definition) is 4. The maximum atomic E-state index is 11.6. The van der Waals surface area contributed by atoms with Crippen molar-refractivity contribution >= 4 is 5.97 Å². The Bertz CT molecular complexity index is 488. The number of fused-ring (bicyclic) bond motifs is 1. The van der Waals surface area contributed by atoms with Crippen LogP contribution in [0.3, 0.4) is 0 Å². The summed E-state index contributed by atoms with van der Waals surface area (Å²) in [6.45, 7) is 1.76. The number of benzene rings is 1. The molecule has 17 heavy (non-hydrogen) atoms. The molecule has 0 bridgehead atoms. The van der Waals surface area contributed by atoms with E-state index in [4.69, 9.17) is 14.2 Å². The second kappa shape index (κ2) is 4.49. The summed E-state index contributed by atoms with van der Waals surface area (Å²) in [6, 6.07) is 5.53. The van der Waals surface area contributed by atoms with Crippen LogP contribution in [0.15, 0.2) is 29.5 Å². The van der Waals surface area contributed by atoms with Crippen molar-refractivity contribution in [1.29, 1.82) is 0 Å². The van der Waals surface area contributed by atoms with Gasteiger partial charge in [-0.3, -0.25) is 0 Å². The number of methoxy groups -OCH3 is 2. The maximum Gasteiger partial charge on any atom is 0.337 e. The molecule has 4 nitrogen and oxygen atoms in total. The number of carbonyl (C=O) groups excluding carboxylic acids is 1. The lowest BCUT2D eigenvalue weighted by Gasteiger charge is -2.20. The quantitative estimate of drug-likeness (QED) is 0.735. The highest BCUT2D eigenvalue weighted by atomic mass is 16.5. The van der Waals surface area contributed by atoms with E-state index in [9.17, 15) is 4.79 Å². The number of carbonyl (C=O) groups is 1. The van der Waals surface area contributed by atoms with E-state index in [1.807, 2.05) is 18.2 Å². The summed E-state index contributed by atoms with van der Waals surface area (Å²) in [6.07, 6.45) is 0.505. The molecule has 1 aliphatic heterocycles. The monoisotopic (exact) mass is 234 g/mol. The minimum atomic E-state index is -0.351. The van der Waals surface area contributed by atoms with Gasteiger partial charge < -0.3 is 14.2 Å². The van der Waals surface area contributed by atoms with Crippen molar-refractivity contribution in [1.82, 2.24) is 0 Å². The van der Waals surface area contributed by atoms with E-state index >= 15 is 0 Å². The van der Waals surface area contributed by atoms with Crippen LogP contribution in [0.1, 0.15) is 12.5 Å². The summed E-state index contributed by atoms with van der Waals surface area (Å²) in [5.41, 5.74) is 1.48. The second-order valence-electron chi connectivity index (χ2n) is 3.78. The SMILES string of the molecule is COC(=O)C1=C(C)Oc2ccc(OC)cc2C1. The largest absolute Gasteiger partial charge is 0.497 e. The molecule has 0 aliphatic carbocycles. The molecule has 0 fully saturated rings. The van der Waals surface area contributed by atoms with Gasteiger partial charge in [-0.15, -0.1) is 0 Å². The Morgan fingerprint density at radius 2 is 2.12 bits per heavy atom. The van der Waals surface area contributed by atoms with E-state index in [-0.39, 0.29) is 5.97 Å². The number of hydrogen-bond donors (Lipinski definition) is 0. The first kappa shape index (κ1) is 11.5. The zero-order valence-corrected chi connectivity index (χ0v) is 10.1. The molecule has 0 radical (unpaired) electrons. The molecule has 1 heterocycles. The average Bonchev–Trinajstić information content (AvgIpc) is 2.36. The van der Waals surface area contributed by atoms with Crippen LogP contribution < -0.4 is 9.47 Å². The molecular weight excluding hydrogens is 220 g/mol. The van der Waals surface area contributed by atoms with Crippen LogP contribution in [0.2, 0.25) is 0 Å². The van der Waals surface area contributed by atoms with Gasteiger partial charge in [-0.25, -0.2) is 4.79 Å². The van der Waals surface area contributed by atoms with Crippen molar-refractivity contribution in [2.45, 2.75) is 13.3 Å². The Balaban J connectivity index is 2.35. The van der Waals surface area contributed by atoms with Crippen LogP contribution in [0.4, 0.5) is 0 Å². The molecule has 90 valence electrons. The first-order chi connectivity index (χ1) is 8.15. The molecule has 1 aromatic carbocycles. The minimum Gasteiger partial charge on any atom is -0.497 e. The third-order valence-corrected chi connectivity index (χ3v) is 2.75. The summed E-state index contributed by atoms with van der Waals surface area (Å²) in [7, 11) is 2.97. The number of ether oxygens (including phenoxy) is 3. The first-order valence-corrected chi connectivity index (χ1v) is 5.28. The Kier molecular flexibility index (Phi) is 3.04. The van der Waals surface area contributed by atoms with Gasteiger partial charge in [0.25, 0.3) is 0 Å². The average molecular weight is 234 g/mol. The molecule has 2 rings (SSSR count). The molecule has 0 unspecified atom stereocenters. The highest BCUT2D eigenvalue weighted by molar-refractivity contribution is 5.90. The fourth-order valence-electron chi connectivity index (χ4n) is 1.80. The van der Waals surface area contributed by atoms with E-state index in [2.05, 4.69) is 0 Å². The third-order valence-electron chi connectivity index (χ3n) is 2.75. The lowest BCUT2D eigenvalue weighted by molar-refractivity contribution is -0.136. The number of esters is 1. The van der Waals surface area contributed by atoms with Gasteiger partial charge in [-0.2, -0.15) is 0 Å². The van der Waals surface area contributed by atoms with Crippen LogP contribution in [-0.2, 0) is 16.0 Å². The molecule has 1 aromatic rings. The van der Waals surface area contributed by atoms with Crippen molar-refractivity contribution in [2.24, 2.45) is 0 Å². The van der Waals surface area contributed by atoms with Gasteiger partial charge in [-0.1, -0.05) is 0 Å². The van der Waals surface area contributed by atoms with Crippen molar-refractivity contribution < 1.29 is 19.0 Å². The highest BCUT2D eigenvalue weighted by Crippen LogP contribution is 2.33. The van der Waals surface area contributed by atoms with E-state index in [0.29, 0.717) is 17.8 Å². The predicted octanol–water partition coefficient (Wildman–Crippen LogP) is 2.08. The van der Waals surface area contributed by atoms with Gasteiger partial charge in [0, 0.05) is 12.0 Å².